The van der Waals surface area contributed by atoms with Gasteiger partial charge in [0.1, 0.15) is 5.82 Å². The molecule has 0 saturated heterocycles. The molecule has 2 aromatic rings. The van der Waals surface area contributed by atoms with E-state index in [1.807, 2.05) is 30.3 Å². The van der Waals surface area contributed by atoms with Crippen LogP contribution in [-0.2, 0) is 6.54 Å². The predicted octanol–water partition coefficient (Wildman–Crippen LogP) is 3.91. The number of amides is 2. The first-order chi connectivity index (χ1) is 9.15. The summed E-state index contributed by atoms with van der Waals surface area (Å²) in [5, 5.41) is 5.13. The van der Waals surface area contributed by atoms with Gasteiger partial charge in [0.25, 0.3) is 0 Å². The van der Waals surface area contributed by atoms with Crippen LogP contribution in [0, 0.1) is 5.82 Å². The van der Waals surface area contributed by atoms with E-state index >= 15 is 0 Å². The Morgan fingerprint density at radius 3 is 2.63 bits per heavy atom. The van der Waals surface area contributed by atoms with Gasteiger partial charge in [-0.15, -0.1) is 0 Å². The number of rotatable bonds is 3. The minimum Gasteiger partial charge on any atom is -0.334 e. The topological polar surface area (TPSA) is 41.1 Å². The minimum absolute atomic E-state index is 0.139. The number of carbonyl (C=O) groups excluding carboxylic acids is 1. The standard InChI is InChI=1S/C14H12BrFN2O/c15-11-6-7-12(16)13(8-11)18-14(19)17-9-10-4-2-1-3-5-10/h1-8H,9H2,(H2,17,18,19). The van der Waals surface area contributed by atoms with Crippen LogP contribution >= 0.6 is 15.9 Å². The van der Waals surface area contributed by atoms with Gasteiger partial charge in [-0.05, 0) is 23.8 Å². The van der Waals surface area contributed by atoms with E-state index in [0.717, 1.165) is 5.56 Å². The first-order valence-corrected chi connectivity index (χ1v) is 6.48. The third kappa shape index (κ3) is 4.06. The van der Waals surface area contributed by atoms with E-state index in [-0.39, 0.29) is 5.69 Å². The van der Waals surface area contributed by atoms with Crippen LogP contribution in [0.1, 0.15) is 5.56 Å². The van der Waals surface area contributed by atoms with E-state index < -0.39 is 11.8 Å². The SMILES string of the molecule is O=C(NCc1ccccc1)Nc1cc(Br)ccc1F. The fraction of sp³-hybridized carbons (Fsp3) is 0.0714. The van der Waals surface area contributed by atoms with E-state index in [2.05, 4.69) is 26.6 Å². The fourth-order valence-electron chi connectivity index (χ4n) is 1.54. The zero-order valence-corrected chi connectivity index (χ0v) is 11.6. The molecule has 5 heteroatoms. The molecule has 2 N–H and O–H groups in total. The summed E-state index contributed by atoms with van der Waals surface area (Å²) in [6.45, 7) is 0.391. The molecule has 2 aromatic carbocycles. The van der Waals surface area contributed by atoms with Gasteiger partial charge >= 0.3 is 6.03 Å². The Morgan fingerprint density at radius 2 is 1.89 bits per heavy atom. The second kappa shape index (κ2) is 6.33. The lowest BCUT2D eigenvalue weighted by atomic mass is 10.2. The average Bonchev–Trinajstić information content (AvgIpc) is 2.42. The van der Waals surface area contributed by atoms with Crippen molar-refractivity contribution in [3.63, 3.8) is 0 Å². The van der Waals surface area contributed by atoms with Gasteiger partial charge in [0.05, 0.1) is 5.69 Å². The number of nitrogens with one attached hydrogen (secondary N) is 2. The summed E-state index contributed by atoms with van der Waals surface area (Å²) in [4.78, 5) is 11.6. The van der Waals surface area contributed by atoms with Gasteiger partial charge < -0.3 is 10.6 Å². The first kappa shape index (κ1) is 13.5. The minimum atomic E-state index is -0.474. The maximum atomic E-state index is 13.4. The summed E-state index contributed by atoms with van der Waals surface area (Å²) >= 11 is 3.22. The molecule has 0 aliphatic heterocycles. The van der Waals surface area contributed by atoms with Gasteiger partial charge in [-0.25, -0.2) is 9.18 Å². The Hall–Kier alpha value is -1.88. The molecule has 0 saturated carbocycles. The summed E-state index contributed by atoms with van der Waals surface area (Å²) in [5.41, 5.74) is 1.12. The number of anilines is 1. The van der Waals surface area contributed by atoms with Crippen molar-refractivity contribution < 1.29 is 9.18 Å². The second-order valence-corrected chi connectivity index (χ2v) is 4.83. The third-order valence-corrected chi connectivity index (χ3v) is 2.97. The number of carbonyl (C=O) groups is 1. The highest BCUT2D eigenvalue weighted by Gasteiger charge is 2.06. The summed E-state index contributed by atoms with van der Waals surface area (Å²) in [6, 6.07) is 13.4. The molecular weight excluding hydrogens is 311 g/mol. The van der Waals surface area contributed by atoms with E-state index in [9.17, 15) is 9.18 Å². The van der Waals surface area contributed by atoms with Crippen LogP contribution < -0.4 is 10.6 Å². The molecule has 0 radical (unpaired) electrons. The quantitative estimate of drug-likeness (QED) is 0.883. The van der Waals surface area contributed by atoms with Crippen molar-refractivity contribution in [2.24, 2.45) is 0 Å². The summed E-state index contributed by atoms with van der Waals surface area (Å²) < 4.78 is 14.1. The highest BCUT2D eigenvalue weighted by Crippen LogP contribution is 2.19. The molecule has 19 heavy (non-hydrogen) atoms. The molecular formula is C14H12BrFN2O. The zero-order chi connectivity index (χ0) is 13.7. The van der Waals surface area contributed by atoms with Crippen molar-refractivity contribution in [3.05, 3.63) is 64.4 Å². The molecule has 0 fully saturated rings. The van der Waals surface area contributed by atoms with Crippen LogP contribution in [0.5, 0.6) is 0 Å². The van der Waals surface area contributed by atoms with Crippen molar-refractivity contribution in [1.29, 1.82) is 0 Å². The molecule has 0 heterocycles. The molecule has 98 valence electrons. The Labute approximate surface area is 119 Å². The van der Waals surface area contributed by atoms with Gasteiger partial charge in [0.2, 0.25) is 0 Å². The van der Waals surface area contributed by atoms with E-state index in [4.69, 9.17) is 0 Å². The second-order valence-electron chi connectivity index (χ2n) is 3.92. The highest BCUT2D eigenvalue weighted by atomic mass is 79.9. The van der Waals surface area contributed by atoms with Gasteiger partial charge in [-0.2, -0.15) is 0 Å². The zero-order valence-electron chi connectivity index (χ0n) is 9.99. The first-order valence-electron chi connectivity index (χ1n) is 5.69. The van der Waals surface area contributed by atoms with Gasteiger partial charge in [0, 0.05) is 11.0 Å². The Balaban J connectivity index is 1.93. The fourth-order valence-corrected chi connectivity index (χ4v) is 1.90. The molecule has 3 nitrogen and oxygen atoms in total. The van der Waals surface area contributed by atoms with E-state index in [1.54, 1.807) is 6.07 Å². The van der Waals surface area contributed by atoms with Crippen molar-refractivity contribution in [1.82, 2.24) is 5.32 Å². The molecule has 0 bridgehead atoms. The number of hydrogen-bond acceptors (Lipinski definition) is 1. The Kier molecular flexibility index (Phi) is 4.52. The van der Waals surface area contributed by atoms with Crippen molar-refractivity contribution in [2.45, 2.75) is 6.54 Å². The number of halogens is 2. The number of hydrogen-bond donors (Lipinski definition) is 2. The van der Waals surface area contributed by atoms with Gasteiger partial charge in [-0.3, -0.25) is 0 Å². The van der Waals surface area contributed by atoms with Crippen molar-refractivity contribution >= 4 is 27.6 Å². The van der Waals surface area contributed by atoms with Crippen LogP contribution in [0.25, 0.3) is 0 Å². The summed E-state index contributed by atoms with van der Waals surface area (Å²) in [7, 11) is 0. The lowest BCUT2D eigenvalue weighted by Crippen LogP contribution is -2.28. The smallest absolute Gasteiger partial charge is 0.319 e. The van der Waals surface area contributed by atoms with Crippen molar-refractivity contribution in [3.8, 4) is 0 Å². The number of benzene rings is 2. The predicted molar refractivity (Wildman–Crippen MR) is 76.4 cm³/mol. The maximum Gasteiger partial charge on any atom is 0.319 e. The molecule has 2 amide bonds. The monoisotopic (exact) mass is 322 g/mol. The van der Waals surface area contributed by atoms with Crippen molar-refractivity contribution in [2.75, 3.05) is 5.32 Å². The Bertz CT molecular complexity index is 575. The molecule has 0 unspecified atom stereocenters. The van der Waals surface area contributed by atoms with E-state index in [0.29, 0.717) is 11.0 Å². The van der Waals surface area contributed by atoms with E-state index in [1.165, 1.54) is 12.1 Å². The molecule has 0 spiro atoms. The lowest BCUT2D eigenvalue weighted by Gasteiger charge is -2.08. The third-order valence-electron chi connectivity index (χ3n) is 2.47. The highest BCUT2D eigenvalue weighted by molar-refractivity contribution is 9.10. The average molecular weight is 323 g/mol. The molecule has 2 rings (SSSR count). The van der Waals surface area contributed by atoms with Crippen LogP contribution in [0.3, 0.4) is 0 Å². The number of urea groups is 1. The van der Waals surface area contributed by atoms with Crippen LogP contribution in [0.2, 0.25) is 0 Å². The van der Waals surface area contributed by atoms with Gasteiger partial charge in [-0.1, -0.05) is 46.3 Å². The van der Waals surface area contributed by atoms with Crippen LogP contribution in [0.4, 0.5) is 14.9 Å². The largest absolute Gasteiger partial charge is 0.334 e. The normalized spacial score (nSPS) is 10.0. The van der Waals surface area contributed by atoms with Crippen LogP contribution in [0.15, 0.2) is 53.0 Å². The molecule has 0 atom stereocenters. The molecule has 0 aromatic heterocycles. The lowest BCUT2D eigenvalue weighted by molar-refractivity contribution is 0.251. The van der Waals surface area contributed by atoms with Gasteiger partial charge in [0.15, 0.2) is 0 Å². The van der Waals surface area contributed by atoms with Crippen LogP contribution in [-0.4, -0.2) is 6.03 Å². The summed E-state index contributed by atoms with van der Waals surface area (Å²) in [6.07, 6.45) is 0. The Morgan fingerprint density at radius 1 is 1.16 bits per heavy atom. The molecule has 0 aliphatic rings. The molecule has 0 aliphatic carbocycles. The maximum absolute atomic E-state index is 13.4. The summed E-state index contributed by atoms with van der Waals surface area (Å²) in [5.74, 6) is -0.474.